The van der Waals surface area contributed by atoms with Gasteiger partial charge in [-0.25, -0.2) is 12.7 Å². The lowest BCUT2D eigenvalue weighted by Gasteiger charge is -2.38. The minimum atomic E-state index is -4.52. The zero-order valence-electron chi connectivity index (χ0n) is 21.8. The van der Waals surface area contributed by atoms with E-state index in [1.165, 1.54) is 55.5 Å². The molecule has 3 atom stereocenters. The summed E-state index contributed by atoms with van der Waals surface area (Å²) >= 11 is 12.9. The number of halogens is 2. The molecule has 0 radical (unpaired) electrons. The summed E-state index contributed by atoms with van der Waals surface area (Å²) in [6, 6.07) is 12.7. The molecular weight excluding hydrogens is 579 g/mol. The summed E-state index contributed by atoms with van der Waals surface area (Å²) < 4.78 is 40.5. The standard InChI is InChI=1S/C28H28Cl2N2O7S/c1-38-24-12-10-19(15-25(24)39-2)40(36,37)32-23-11-9-17(29)14-21(23)28(35,20-7-3-4-8-22(20)30)26(32)27(34)31-13-5-6-18(31)16-33/h3-4,7-12,14-15,18,26,33,35H,5-6,13,16H2,1-2H3/t18-,26?,28?/m0/s1. The van der Waals surface area contributed by atoms with Gasteiger partial charge >= 0.3 is 0 Å². The molecule has 12 heteroatoms. The van der Waals surface area contributed by atoms with Gasteiger partial charge in [0.15, 0.2) is 17.5 Å². The molecule has 0 saturated carbocycles. The first-order chi connectivity index (χ1) is 19.1. The van der Waals surface area contributed by atoms with Gasteiger partial charge in [-0.1, -0.05) is 41.4 Å². The van der Waals surface area contributed by atoms with Crippen LogP contribution >= 0.6 is 23.2 Å². The Morgan fingerprint density at radius 2 is 1.75 bits per heavy atom. The highest BCUT2D eigenvalue weighted by Gasteiger charge is 2.60. The second-order valence-electron chi connectivity index (χ2n) is 9.64. The monoisotopic (exact) mass is 606 g/mol. The van der Waals surface area contributed by atoms with E-state index in [4.69, 9.17) is 32.7 Å². The van der Waals surface area contributed by atoms with Gasteiger partial charge in [0.05, 0.1) is 37.5 Å². The molecule has 1 saturated heterocycles. The number of amides is 1. The molecule has 2 unspecified atom stereocenters. The molecule has 9 nitrogen and oxygen atoms in total. The van der Waals surface area contributed by atoms with Crippen molar-refractivity contribution >= 4 is 44.8 Å². The maximum Gasteiger partial charge on any atom is 0.265 e. The number of likely N-dealkylation sites (tertiary alicyclic amines) is 1. The van der Waals surface area contributed by atoms with Crippen molar-refractivity contribution in [3.63, 3.8) is 0 Å². The van der Waals surface area contributed by atoms with Crippen LogP contribution in [0.5, 0.6) is 11.5 Å². The highest BCUT2D eigenvalue weighted by molar-refractivity contribution is 7.93. The highest BCUT2D eigenvalue weighted by atomic mass is 35.5. The van der Waals surface area contributed by atoms with Crippen molar-refractivity contribution in [2.24, 2.45) is 0 Å². The number of benzene rings is 3. The Kier molecular flexibility index (Phi) is 7.66. The quantitative estimate of drug-likeness (QED) is 0.420. The summed E-state index contributed by atoms with van der Waals surface area (Å²) in [5.74, 6) is -0.184. The zero-order valence-corrected chi connectivity index (χ0v) is 24.1. The molecule has 212 valence electrons. The Bertz CT molecular complexity index is 1570. The van der Waals surface area contributed by atoms with Crippen molar-refractivity contribution in [1.29, 1.82) is 0 Å². The smallest absolute Gasteiger partial charge is 0.265 e. The molecule has 1 amide bonds. The SMILES string of the molecule is COc1ccc(S(=O)(=O)N2c3ccc(Cl)cc3C(O)(c3ccccc3Cl)C2C(=O)N2CCC[C@H]2CO)cc1OC. The van der Waals surface area contributed by atoms with Gasteiger partial charge in [0.25, 0.3) is 15.9 Å². The van der Waals surface area contributed by atoms with Gasteiger partial charge in [-0.2, -0.15) is 0 Å². The predicted molar refractivity (Wildman–Crippen MR) is 151 cm³/mol. The summed E-state index contributed by atoms with van der Waals surface area (Å²) in [4.78, 5) is 15.7. The molecule has 5 rings (SSSR count). The molecule has 2 heterocycles. The highest BCUT2D eigenvalue weighted by Crippen LogP contribution is 2.53. The van der Waals surface area contributed by atoms with E-state index in [0.29, 0.717) is 25.1 Å². The summed E-state index contributed by atoms with van der Waals surface area (Å²) in [6.07, 6.45) is 1.16. The Morgan fingerprint density at radius 1 is 1.02 bits per heavy atom. The summed E-state index contributed by atoms with van der Waals surface area (Å²) in [7, 11) is -1.71. The number of nitrogens with zero attached hydrogens (tertiary/aromatic N) is 2. The van der Waals surface area contributed by atoms with Gasteiger partial charge in [0, 0.05) is 33.8 Å². The van der Waals surface area contributed by atoms with Crippen molar-refractivity contribution in [3.8, 4) is 11.5 Å². The van der Waals surface area contributed by atoms with Crippen molar-refractivity contribution in [1.82, 2.24) is 4.90 Å². The van der Waals surface area contributed by atoms with E-state index >= 15 is 0 Å². The Hall–Kier alpha value is -3.02. The van der Waals surface area contributed by atoms with Crippen molar-refractivity contribution in [2.75, 3.05) is 31.7 Å². The largest absolute Gasteiger partial charge is 0.493 e. The fourth-order valence-electron chi connectivity index (χ4n) is 5.64. The third kappa shape index (κ3) is 4.38. The first kappa shape index (κ1) is 28.5. The fraction of sp³-hybridized carbons (Fsp3) is 0.321. The van der Waals surface area contributed by atoms with E-state index in [0.717, 1.165) is 4.31 Å². The van der Waals surface area contributed by atoms with Crippen molar-refractivity contribution < 1.29 is 32.9 Å². The van der Waals surface area contributed by atoms with Gasteiger partial charge in [-0.15, -0.1) is 0 Å². The minimum absolute atomic E-state index is 0.0692. The average Bonchev–Trinajstić information content (AvgIpc) is 3.54. The molecular formula is C28H28Cl2N2O7S. The number of carbonyl (C=O) groups is 1. The Labute approximate surface area is 242 Å². The molecule has 0 aliphatic carbocycles. The van der Waals surface area contributed by atoms with Crippen LogP contribution in [0.1, 0.15) is 24.0 Å². The topological polar surface area (TPSA) is 117 Å². The van der Waals surface area contributed by atoms with E-state index < -0.39 is 33.6 Å². The number of fused-ring (bicyclic) bond motifs is 1. The third-order valence-electron chi connectivity index (χ3n) is 7.54. The number of methoxy groups -OCH3 is 2. The van der Waals surface area contributed by atoms with E-state index in [2.05, 4.69) is 0 Å². The number of sulfonamides is 1. The summed E-state index contributed by atoms with van der Waals surface area (Å²) in [5, 5.41) is 23.0. The minimum Gasteiger partial charge on any atom is -0.493 e. The number of ether oxygens (including phenoxy) is 2. The second kappa shape index (κ2) is 10.8. The molecule has 3 aromatic carbocycles. The number of carbonyl (C=O) groups excluding carboxylic acids is 1. The fourth-order valence-corrected chi connectivity index (χ4v) is 7.75. The van der Waals surface area contributed by atoms with Crippen LogP contribution < -0.4 is 13.8 Å². The number of hydrogen-bond acceptors (Lipinski definition) is 7. The molecule has 2 aliphatic rings. The van der Waals surface area contributed by atoms with E-state index in [1.807, 2.05) is 0 Å². The van der Waals surface area contributed by atoms with Crippen molar-refractivity contribution in [3.05, 3.63) is 81.8 Å². The molecule has 0 bridgehead atoms. The lowest BCUT2D eigenvalue weighted by Crippen LogP contribution is -2.58. The molecule has 0 aromatic heterocycles. The zero-order chi connectivity index (χ0) is 28.8. The van der Waals surface area contributed by atoms with Crippen LogP contribution in [0.2, 0.25) is 10.0 Å². The van der Waals surface area contributed by atoms with Crippen LogP contribution in [0, 0.1) is 0 Å². The molecule has 1 fully saturated rings. The summed E-state index contributed by atoms with van der Waals surface area (Å²) in [5.41, 5.74) is -1.90. The van der Waals surface area contributed by atoms with E-state index in [-0.39, 0.29) is 44.1 Å². The van der Waals surface area contributed by atoms with Gasteiger partial charge in [-0.05, 0) is 49.2 Å². The predicted octanol–water partition coefficient (Wildman–Crippen LogP) is 3.81. The first-order valence-electron chi connectivity index (χ1n) is 12.5. The van der Waals surface area contributed by atoms with Crippen LogP contribution in [-0.4, -0.2) is 68.9 Å². The maximum atomic E-state index is 14.5. The maximum absolute atomic E-state index is 14.5. The normalized spacial score (nSPS) is 22.4. The first-order valence-corrected chi connectivity index (χ1v) is 14.7. The number of hydrogen-bond donors (Lipinski definition) is 2. The van der Waals surface area contributed by atoms with Crippen LogP contribution in [0.15, 0.2) is 65.6 Å². The van der Waals surface area contributed by atoms with Crippen molar-refractivity contribution in [2.45, 2.75) is 35.4 Å². The van der Waals surface area contributed by atoms with Crippen LogP contribution in [-0.2, 0) is 20.4 Å². The van der Waals surface area contributed by atoms with Crippen LogP contribution in [0.25, 0.3) is 0 Å². The number of aliphatic hydroxyl groups is 2. The molecule has 3 aromatic rings. The van der Waals surface area contributed by atoms with E-state index in [1.54, 1.807) is 24.3 Å². The average molecular weight is 608 g/mol. The Morgan fingerprint density at radius 3 is 2.42 bits per heavy atom. The lowest BCUT2D eigenvalue weighted by atomic mass is 9.82. The van der Waals surface area contributed by atoms with Gasteiger partial charge < -0.3 is 24.6 Å². The third-order valence-corrected chi connectivity index (χ3v) is 9.88. The van der Waals surface area contributed by atoms with Gasteiger partial charge in [0.1, 0.15) is 5.60 Å². The molecule has 40 heavy (non-hydrogen) atoms. The van der Waals surface area contributed by atoms with Crippen LogP contribution in [0.4, 0.5) is 5.69 Å². The van der Waals surface area contributed by atoms with Crippen LogP contribution in [0.3, 0.4) is 0 Å². The van der Waals surface area contributed by atoms with Gasteiger partial charge in [0.2, 0.25) is 0 Å². The number of anilines is 1. The molecule has 0 spiro atoms. The summed E-state index contributed by atoms with van der Waals surface area (Å²) in [6.45, 7) is -0.00923. The van der Waals surface area contributed by atoms with E-state index in [9.17, 15) is 23.4 Å². The molecule has 2 aliphatic heterocycles. The lowest BCUT2D eigenvalue weighted by molar-refractivity contribution is -0.138. The second-order valence-corrected chi connectivity index (χ2v) is 12.3. The number of aliphatic hydroxyl groups excluding tert-OH is 1. The van der Waals surface area contributed by atoms with Gasteiger partial charge in [-0.3, -0.25) is 4.79 Å². The Balaban J connectivity index is 1.80. The molecule has 2 N–H and O–H groups in total. The number of rotatable bonds is 7.